The van der Waals surface area contributed by atoms with Crippen LogP contribution in [-0.2, 0) is 16.1 Å². The van der Waals surface area contributed by atoms with Gasteiger partial charge in [-0.25, -0.2) is 14.6 Å². The number of aromatic nitrogens is 2. The molecule has 0 bridgehead atoms. The number of hydrogen-bond acceptors (Lipinski definition) is 8. The van der Waals surface area contributed by atoms with E-state index in [1.807, 2.05) is 0 Å². The molecule has 152 valence electrons. The molecule has 0 fully saturated rings. The van der Waals surface area contributed by atoms with Gasteiger partial charge in [-0.2, -0.15) is 4.98 Å². The average Bonchev–Trinajstić information content (AvgIpc) is 3.00. The van der Waals surface area contributed by atoms with Crippen LogP contribution in [0.4, 0.5) is 5.82 Å². The fraction of sp³-hybridized carbons (Fsp3) is 0.222. The van der Waals surface area contributed by atoms with Gasteiger partial charge in [0, 0.05) is 0 Å². The number of nitrogens with zero attached hydrogens (tertiary/aromatic N) is 2. The van der Waals surface area contributed by atoms with E-state index < -0.39 is 11.9 Å². The molecule has 0 aliphatic rings. The number of benzene rings is 1. The van der Waals surface area contributed by atoms with Crippen molar-refractivity contribution in [1.29, 1.82) is 0 Å². The lowest BCUT2D eigenvalue weighted by Crippen LogP contribution is -2.10. The Balaban J connectivity index is 1.88. The maximum atomic E-state index is 12.4. The summed E-state index contributed by atoms with van der Waals surface area (Å²) >= 11 is 17.9. The third-order valence-electron chi connectivity index (χ3n) is 3.86. The summed E-state index contributed by atoms with van der Waals surface area (Å²) < 4.78 is 15.7. The monoisotopic (exact) mass is 457 g/mol. The molecule has 0 aliphatic carbocycles. The van der Waals surface area contributed by atoms with Crippen LogP contribution in [0.25, 0.3) is 11.1 Å². The summed E-state index contributed by atoms with van der Waals surface area (Å²) in [5.41, 5.74) is 6.12. The number of ether oxygens (including phenoxy) is 2. The minimum atomic E-state index is -0.812. The van der Waals surface area contributed by atoms with Crippen molar-refractivity contribution in [2.75, 3.05) is 12.3 Å². The second-order valence-corrected chi connectivity index (χ2v) is 6.95. The van der Waals surface area contributed by atoms with Crippen molar-refractivity contribution in [3.63, 3.8) is 0 Å². The normalized spacial score (nSPS) is 10.9. The first-order valence-electron chi connectivity index (χ1n) is 8.27. The number of nitrogens with two attached hydrogens (primary N) is 1. The van der Waals surface area contributed by atoms with Crippen LogP contribution in [0.5, 0.6) is 0 Å². The van der Waals surface area contributed by atoms with Gasteiger partial charge in [0.15, 0.2) is 12.4 Å². The zero-order chi connectivity index (χ0) is 21.3. The molecule has 1 aromatic carbocycles. The Hall–Kier alpha value is -2.55. The van der Waals surface area contributed by atoms with Gasteiger partial charge in [-0.1, -0.05) is 34.8 Å². The van der Waals surface area contributed by atoms with Crippen LogP contribution in [-0.4, -0.2) is 28.5 Å². The number of anilines is 1. The quantitative estimate of drug-likeness (QED) is 0.435. The molecule has 0 unspecified atom stereocenters. The van der Waals surface area contributed by atoms with Crippen LogP contribution in [0, 0.1) is 6.92 Å². The van der Waals surface area contributed by atoms with Crippen molar-refractivity contribution in [1.82, 2.24) is 9.97 Å². The van der Waals surface area contributed by atoms with E-state index in [4.69, 9.17) is 54.4 Å². The lowest BCUT2D eigenvalue weighted by atomic mass is 10.2. The van der Waals surface area contributed by atoms with Crippen molar-refractivity contribution in [3.05, 3.63) is 49.9 Å². The number of nitrogen functional groups attached to an aromatic ring is 1. The molecule has 0 saturated heterocycles. The number of esters is 2. The number of aryl methyl sites for hydroxylation is 1. The summed E-state index contributed by atoms with van der Waals surface area (Å²) in [4.78, 5) is 32.7. The van der Waals surface area contributed by atoms with Gasteiger partial charge in [0.2, 0.25) is 5.71 Å². The topological polar surface area (TPSA) is 118 Å². The molecule has 0 spiro atoms. The van der Waals surface area contributed by atoms with Crippen LogP contribution in [0.3, 0.4) is 0 Å². The van der Waals surface area contributed by atoms with Gasteiger partial charge < -0.3 is 19.6 Å². The van der Waals surface area contributed by atoms with Crippen LogP contribution >= 0.6 is 34.8 Å². The van der Waals surface area contributed by atoms with E-state index in [2.05, 4.69) is 9.97 Å². The Bertz CT molecular complexity index is 1130. The summed E-state index contributed by atoms with van der Waals surface area (Å²) in [7, 11) is 0. The first kappa shape index (κ1) is 21.2. The number of carbonyl (C=O) groups excluding carboxylic acids is 2. The molecule has 2 heterocycles. The van der Waals surface area contributed by atoms with Crippen LogP contribution in [0.1, 0.15) is 39.2 Å². The highest BCUT2D eigenvalue weighted by Crippen LogP contribution is 2.32. The van der Waals surface area contributed by atoms with Gasteiger partial charge in [-0.3, -0.25) is 0 Å². The number of hydrogen-bond donors (Lipinski definition) is 1. The number of fused-ring (bicyclic) bond motifs is 1. The second-order valence-electron chi connectivity index (χ2n) is 5.75. The Kier molecular flexibility index (Phi) is 6.16. The van der Waals surface area contributed by atoms with Crippen molar-refractivity contribution < 1.29 is 23.5 Å². The molecule has 0 amide bonds. The Morgan fingerprint density at radius 1 is 1.07 bits per heavy atom. The number of rotatable bonds is 5. The Morgan fingerprint density at radius 3 is 2.41 bits per heavy atom. The van der Waals surface area contributed by atoms with Gasteiger partial charge in [0.25, 0.3) is 0 Å². The van der Waals surface area contributed by atoms with Gasteiger partial charge in [-0.05, 0) is 26.0 Å². The van der Waals surface area contributed by atoms with Crippen molar-refractivity contribution in [3.8, 4) is 0 Å². The zero-order valence-corrected chi connectivity index (χ0v) is 17.5. The predicted octanol–water partition coefficient (Wildman–Crippen LogP) is 4.61. The second kappa shape index (κ2) is 8.44. The summed E-state index contributed by atoms with van der Waals surface area (Å²) in [6, 6.07) is 2.89. The van der Waals surface area contributed by atoms with E-state index in [-0.39, 0.29) is 67.9 Å². The molecule has 29 heavy (non-hydrogen) atoms. The molecule has 3 rings (SSSR count). The number of furan rings is 1. The highest BCUT2D eigenvalue weighted by Gasteiger charge is 2.24. The largest absolute Gasteiger partial charge is 0.462 e. The van der Waals surface area contributed by atoms with Gasteiger partial charge in [0.05, 0.1) is 32.6 Å². The minimum Gasteiger partial charge on any atom is -0.462 e. The highest BCUT2D eigenvalue weighted by atomic mass is 35.5. The van der Waals surface area contributed by atoms with Crippen LogP contribution in [0.15, 0.2) is 16.5 Å². The summed E-state index contributed by atoms with van der Waals surface area (Å²) in [5, 5.41) is 0.446. The number of halogens is 3. The van der Waals surface area contributed by atoms with Gasteiger partial charge in [0.1, 0.15) is 17.1 Å². The van der Waals surface area contributed by atoms with Crippen molar-refractivity contribution >= 4 is 63.7 Å². The Labute approximate surface area is 179 Å². The van der Waals surface area contributed by atoms with Crippen LogP contribution < -0.4 is 5.73 Å². The van der Waals surface area contributed by atoms with Gasteiger partial charge >= 0.3 is 11.9 Å². The molecule has 3 aromatic rings. The number of carbonyl (C=O) groups is 2. The molecule has 8 nitrogen and oxygen atoms in total. The Morgan fingerprint density at radius 2 is 1.72 bits per heavy atom. The summed E-state index contributed by atoms with van der Waals surface area (Å²) in [6.45, 7) is 3.11. The van der Waals surface area contributed by atoms with E-state index in [0.717, 1.165) is 0 Å². The molecule has 2 aromatic heterocycles. The van der Waals surface area contributed by atoms with Crippen molar-refractivity contribution in [2.24, 2.45) is 0 Å². The first-order valence-corrected chi connectivity index (χ1v) is 9.41. The molecular formula is C18H14Cl3N3O5. The van der Waals surface area contributed by atoms with Crippen LogP contribution in [0.2, 0.25) is 15.1 Å². The molecule has 2 N–H and O–H groups in total. The maximum absolute atomic E-state index is 12.4. The standard InChI is InChI=1S/C18H14Cl3N3O5/c1-3-27-17(25)11-7(2)29-16-13(11)15(22)23-10(24-16)6-28-18(26)12-8(19)4-5-9(20)14(12)21/h4-5H,3,6H2,1-2H3,(H2,22,23,24). The predicted molar refractivity (Wildman–Crippen MR) is 108 cm³/mol. The summed E-state index contributed by atoms with van der Waals surface area (Å²) in [6.07, 6.45) is 0. The first-order chi connectivity index (χ1) is 13.7. The fourth-order valence-electron chi connectivity index (χ4n) is 2.61. The van der Waals surface area contributed by atoms with Crippen molar-refractivity contribution in [2.45, 2.75) is 20.5 Å². The third-order valence-corrected chi connectivity index (χ3v) is 4.98. The molecule has 0 aliphatic heterocycles. The molecule has 0 atom stereocenters. The van der Waals surface area contributed by atoms with E-state index in [1.54, 1.807) is 13.8 Å². The molecule has 11 heteroatoms. The lowest BCUT2D eigenvalue weighted by Gasteiger charge is -2.09. The highest BCUT2D eigenvalue weighted by molar-refractivity contribution is 6.46. The van der Waals surface area contributed by atoms with E-state index in [1.165, 1.54) is 12.1 Å². The SMILES string of the molecule is CCOC(=O)c1c(C)oc2nc(COC(=O)c3c(Cl)ccc(Cl)c3Cl)nc(N)c12. The lowest BCUT2D eigenvalue weighted by molar-refractivity contribution is 0.0461. The fourth-order valence-corrected chi connectivity index (χ4v) is 3.30. The third kappa shape index (κ3) is 4.10. The van der Waals surface area contributed by atoms with E-state index in [0.29, 0.717) is 0 Å². The van der Waals surface area contributed by atoms with E-state index in [9.17, 15) is 9.59 Å². The van der Waals surface area contributed by atoms with E-state index >= 15 is 0 Å². The molecular weight excluding hydrogens is 445 g/mol. The molecule has 0 radical (unpaired) electrons. The maximum Gasteiger partial charge on any atom is 0.342 e. The summed E-state index contributed by atoms with van der Waals surface area (Å²) in [5.74, 6) is -1.08. The zero-order valence-electron chi connectivity index (χ0n) is 15.2. The minimum absolute atomic E-state index is 0.0141. The molecule has 0 saturated carbocycles. The smallest absolute Gasteiger partial charge is 0.342 e. The average molecular weight is 459 g/mol. The van der Waals surface area contributed by atoms with Gasteiger partial charge in [-0.15, -0.1) is 0 Å².